The van der Waals surface area contributed by atoms with Crippen LogP contribution in [0.4, 0.5) is 5.69 Å². The largest absolute Gasteiger partial charge is 0.394 e. The van der Waals surface area contributed by atoms with Gasteiger partial charge in [-0.25, -0.2) is 0 Å². The summed E-state index contributed by atoms with van der Waals surface area (Å²) in [5.41, 5.74) is -1.07. The van der Waals surface area contributed by atoms with Gasteiger partial charge >= 0.3 is 0 Å². The van der Waals surface area contributed by atoms with E-state index in [1.807, 2.05) is 32.0 Å². The Kier molecular flexibility index (Phi) is 7.07. The smallest absolute Gasteiger partial charge is 0.246 e. The minimum absolute atomic E-state index is 0.0228. The molecule has 0 aromatic heterocycles. The maximum atomic E-state index is 13.9. The predicted octanol–water partition coefficient (Wildman–Crippen LogP) is 3.08. The third-order valence-electron chi connectivity index (χ3n) is 7.49. The Hall–Kier alpha value is -1.97. The van der Waals surface area contributed by atoms with E-state index in [9.17, 15) is 19.5 Å². The van der Waals surface area contributed by atoms with E-state index in [0.29, 0.717) is 12.1 Å². The summed E-state index contributed by atoms with van der Waals surface area (Å²) in [4.78, 5) is 42.6. The molecule has 3 amide bonds. The summed E-state index contributed by atoms with van der Waals surface area (Å²) in [5.74, 6) is -2.51. The number of hydrogen-bond acceptors (Lipinski definition) is 5. The lowest BCUT2D eigenvalue weighted by Gasteiger charge is -2.39. The molecule has 3 heterocycles. The standard InChI is InChI=1S/C27H38BrN3O5/c1-15(13-32)31-21(23(34)30-26(5,6)14-25(2,3)4)27-12-17(28)20(36-27)18(19(27)24(31)35)22(33)29-16-10-8-7-9-11-16/h7-11,15,17-21,32H,12-14H2,1-6H3,(H,29,33)(H,30,34)/t15-,17?,18+,19+,20+,21?,27?/m1/s1. The molecule has 3 saturated heterocycles. The van der Waals surface area contributed by atoms with E-state index < -0.39 is 41.2 Å². The van der Waals surface area contributed by atoms with E-state index in [0.717, 1.165) is 6.42 Å². The first kappa shape index (κ1) is 27.1. The van der Waals surface area contributed by atoms with E-state index in [1.54, 1.807) is 19.1 Å². The average Bonchev–Trinajstić information content (AvgIpc) is 3.35. The molecule has 0 aliphatic carbocycles. The number of rotatable bonds is 7. The van der Waals surface area contributed by atoms with E-state index in [2.05, 4.69) is 47.3 Å². The van der Waals surface area contributed by atoms with Crippen molar-refractivity contribution in [1.29, 1.82) is 0 Å². The van der Waals surface area contributed by atoms with Crippen LogP contribution in [0.25, 0.3) is 0 Å². The van der Waals surface area contributed by atoms with Crippen LogP contribution in [0, 0.1) is 17.3 Å². The summed E-state index contributed by atoms with van der Waals surface area (Å²) in [6.45, 7) is 11.7. The average molecular weight is 565 g/mol. The number of hydrogen-bond donors (Lipinski definition) is 3. The molecule has 3 aliphatic heterocycles. The Labute approximate surface area is 221 Å². The zero-order valence-corrected chi connectivity index (χ0v) is 23.5. The molecule has 1 aromatic carbocycles. The zero-order chi connectivity index (χ0) is 26.6. The number of anilines is 1. The predicted molar refractivity (Wildman–Crippen MR) is 140 cm³/mol. The van der Waals surface area contributed by atoms with Gasteiger partial charge in [-0.2, -0.15) is 0 Å². The maximum Gasteiger partial charge on any atom is 0.246 e. The molecule has 9 heteroatoms. The van der Waals surface area contributed by atoms with Crippen molar-refractivity contribution in [1.82, 2.24) is 10.2 Å². The third-order valence-corrected chi connectivity index (χ3v) is 8.34. The van der Waals surface area contributed by atoms with Crippen molar-refractivity contribution in [3.05, 3.63) is 30.3 Å². The Morgan fingerprint density at radius 3 is 2.42 bits per heavy atom. The molecule has 8 nitrogen and oxygen atoms in total. The number of nitrogens with one attached hydrogen (secondary N) is 2. The van der Waals surface area contributed by atoms with Gasteiger partial charge in [-0.05, 0) is 51.2 Å². The van der Waals surface area contributed by atoms with E-state index in [-0.39, 0.29) is 34.6 Å². The van der Waals surface area contributed by atoms with Crippen molar-refractivity contribution in [3.8, 4) is 0 Å². The second-order valence-electron chi connectivity index (χ2n) is 12.4. The lowest BCUT2D eigenvalue weighted by atomic mass is 9.70. The molecule has 3 N–H and O–H groups in total. The molecule has 4 rings (SSSR count). The number of benzene rings is 1. The monoisotopic (exact) mass is 563 g/mol. The van der Waals surface area contributed by atoms with Gasteiger partial charge in [0.15, 0.2) is 0 Å². The molecule has 3 fully saturated rings. The van der Waals surface area contributed by atoms with Crippen molar-refractivity contribution < 1.29 is 24.2 Å². The Morgan fingerprint density at radius 2 is 1.83 bits per heavy atom. The minimum Gasteiger partial charge on any atom is -0.394 e. The normalized spacial score (nSPS) is 32.4. The van der Waals surface area contributed by atoms with Crippen LogP contribution in [0.3, 0.4) is 0 Å². The number of carbonyl (C=O) groups is 3. The van der Waals surface area contributed by atoms with Crippen molar-refractivity contribution in [2.75, 3.05) is 11.9 Å². The number of alkyl halides is 1. The van der Waals surface area contributed by atoms with E-state index in [4.69, 9.17) is 4.74 Å². The van der Waals surface area contributed by atoms with Crippen molar-refractivity contribution in [3.63, 3.8) is 0 Å². The molecule has 7 atom stereocenters. The van der Waals surface area contributed by atoms with Crippen LogP contribution < -0.4 is 10.6 Å². The molecular formula is C27H38BrN3O5. The molecule has 0 saturated carbocycles. The SMILES string of the molecule is C[C@H](CO)N1C(=O)[C@@H]2[C@H](C(=O)Nc3ccccc3)[C@H]3OC2(CC3Br)C1C(=O)NC(C)(C)CC(C)(C)C. The summed E-state index contributed by atoms with van der Waals surface area (Å²) in [7, 11) is 0. The highest BCUT2D eigenvalue weighted by Crippen LogP contribution is 2.60. The molecule has 1 aromatic rings. The van der Waals surface area contributed by atoms with Gasteiger partial charge in [0.2, 0.25) is 17.7 Å². The third kappa shape index (κ3) is 4.70. The summed E-state index contributed by atoms with van der Waals surface area (Å²) in [6.07, 6.45) is 0.618. The van der Waals surface area contributed by atoms with Crippen LogP contribution >= 0.6 is 15.9 Å². The van der Waals surface area contributed by atoms with Crippen molar-refractivity contribution in [2.45, 2.75) is 88.5 Å². The van der Waals surface area contributed by atoms with Gasteiger partial charge in [0.25, 0.3) is 0 Å². The Morgan fingerprint density at radius 1 is 1.19 bits per heavy atom. The van der Waals surface area contributed by atoms with E-state index >= 15 is 0 Å². The lowest BCUT2D eigenvalue weighted by molar-refractivity contribution is -0.145. The molecule has 0 radical (unpaired) electrons. The van der Waals surface area contributed by atoms with Crippen LogP contribution in [-0.2, 0) is 19.1 Å². The highest BCUT2D eigenvalue weighted by atomic mass is 79.9. The first-order valence-corrected chi connectivity index (χ1v) is 13.6. The first-order valence-electron chi connectivity index (χ1n) is 12.6. The number of fused-ring (bicyclic) bond motifs is 1. The highest BCUT2D eigenvalue weighted by Gasteiger charge is 2.77. The minimum atomic E-state index is -1.15. The van der Waals surface area contributed by atoms with Gasteiger partial charge in [0.05, 0.1) is 30.6 Å². The fourth-order valence-electron chi connectivity index (χ4n) is 6.75. The number of halogens is 1. The molecule has 3 unspecified atom stereocenters. The fraction of sp³-hybridized carbons (Fsp3) is 0.667. The van der Waals surface area contributed by atoms with E-state index in [1.165, 1.54) is 4.90 Å². The molecule has 3 aliphatic rings. The number of likely N-dealkylation sites (tertiary alicyclic amines) is 1. The maximum absolute atomic E-state index is 13.9. The molecule has 198 valence electrons. The Bertz CT molecular complexity index is 1030. The van der Waals surface area contributed by atoms with Crippen LogP contribution in [-0.4, -0.2) is 68.5 Å². The zero-order valence-electron chi connectivity index (χ0n) is 21.9. The summed E-state index contributed by atoms with van der Waals surface area (Å²) >= 11 is 3.68. The van der Waals surface area contributed by atoms with Gasteiger partial charge in [0, 0.05) is 16.1 Å². The second-order valence-corrected chi connectivity index (χ2v) is 13.6. The second kappa shape index (κ2) is 9.40. The van der Waals surface area contributed by atoms with Crippen LogP contribution in [0.1, 0.15) is 54.4 Å². The molecular weight excluding hydrogens is 526 g/mol. The van der Waals surface area contributed by atoms with Crippen LogP contribution in [0.5, 0.6) is 0 Å². The summed E-state index contributed by atoms with van der Waals surface area (Å²) in [6, 6.07) is 7.54. The van der Waals surface area contributed by atoms with Gasteiger partial charge in [0.1, 0.15) is 11.6 Å². The Balaban J connectivity index is 1.69. The molecule has 2 bridgehead atoms. The van der Waals surface area contributed by atoms with Crippen LogP contribution in [0.2, 0.25) is 0 Å². The first-order chi connectivity index (χ1) is 16.7. The lowest BCUT2D eigenvalue weighted by Crippen LogP contribution is -2.61. The topological polar surface area (TPSA) is 108 Å². The number of aliphatic hydroxyl groups is 1. The van der Waals surface area contributed by atoms with Gasteiger partial charge in [-0.1, -0.05) is 54.9 Å². The quantitative estimate of drug-likeness (QED) is 0.442. The number of amides is 3. The summed E-state index contributed by atoms with van der Waals surface area (Å²) in [5, 5.41) is 16.1. The molecule has 1 spiro atoms. The van der Waals surface area contributed by atoms with Gasteiger partial charge in [-0.3, -0.25) is 14.4 Å². The fourth-order valence-corrected chi connectivity index (χ4v) is 7.69. The number of para-hydroxylation sites is 1. The van der Waals surface area contributed by atoms with Crippen LogP contribution in [0.15, 0.2) is 30.3 Å². The molecule has 36 heavy (non-hydrogen) atoms. The van der Waals surface area contributed by atoms with Gasteiger partial charge < -0.3 is 25.4 Å². The van der Waals surface area contributed by atoms with Crippen molar-refractivity contribution in [2.24, 2.45) is 17.3 Å². The number of aliphatic hydroxyl groups excluding tert-OH is 1. The van der Waals surface area contributed by atoms with Crippen molar-refractivity contribution >= 4 is 39.3 Å². The van der Waals surface area contributed by atoms with Gasteiger partial charge in [-0.15, -0.1) is 0 Å². The highest BCUT2D eigenvalue weighted by molar-refractivity contribution is 9.09. The number of carbonyl (C=O) groups excluding carboxylic acids is 3. The number of ether oxygens (including phenoxy) is 1. The summed E-state index contributed by atoms with van der Waals surface area (Å²) < 4.78 is 6.50. The number of nitrogens with zero attached hydrogens (tertiary/aromatic N) is 1.